The van der Waals surface area contributed by atoms with E-state index in [-0.39, 0.29) is 5.91 Å². The Bertz CT molecular complexity index is 720. The molecule has 1 aromatic carbocycles. The summed E-state index contributed by atoms with van der Waals surface area (Å²) in [5.74, 6) is 0.0426. The summed E-state index contributed by atoms with van der Waals surface area (Å²) in [6.07, 6.45) is 3.12. The number of amides is 1. The standard InChI is InChI=1S/C16H16N4OS/c1-2-19(10-15-4-3-9-22-15)16(21)13-5-7-14(8-6-13)20-12-17-11-18-20/h3-9,11-12H,2,10H2,1H3. The minimum absolute atomic E-state index is 0.0426. The molecule has 0 saturated carbocycles. The number of carbonyl (C=O) groups excluding carboxylic acids is 1. The Balaban J connectivity index is 1.76. The number of carbonyl (C=O) groups is 1. The van der Waals surface area contributed by atoms with Crippen LogP contribution in [0.3, 0.4) is 0 Å². The molecular formula is C16H16N4OS. The summed E-state index contributed by atoms with van der Waals surface area (Å²) < 4.78 is 1.66. The topological polar surface area (TPSA) is 51.0 Å². The van der Waals surface area contributed by atoms with Crippen molar-refractivity contribution in [1.82, 2.24) is 19.7 Å². The van der Waals surface area contributed by atoms with Gasteiger partial charge in [0.1, 0.15) is 12.7 Å². The zero-order valence-corrected chi connectivity index (χ0v) is 13.0. The summed E-state index contributed by atoms with van der Waals surface area (Å²) >= 11 is 1.67. The maximum absolute atomic E-state index is 12.6. The van der Waals surface area contributed by atoms with E-state index in [0.29, 0.717) is 18.7 Å². The lowest BCUT2D eigenvalue weighted by Crippen LogP contribution is -2.29. The fourth-order valence-electron chi connectivity index (χ4n) is 2.20. The lowest BCUT2D eigenvalue weighted by molar-refractivity contribution is 0.0754. The van der Waals surface area contributed by atoms with Crippen LogP contribution in [0.5, 0.6) is 0 Å². The van der Waals surface area contributed by atoms with Crippen molar-refractivity contribution in [1.29, 1.82) is 0 Å². The van der Waals surface area contributed by atoms with Gasteiger partial charge < -0.3 is 4.90 Å². The minimum atomic E-state index is 0.0426. The molecule has 0 aliphatic carbocycles. The average molecular weight is 312 g/mol. The molecule has 0 fully saturated rings. The van der Waals surface area contributed by atoms with Crippen LogP contribution in [-0.2, 0) is 6.54 Å². The number of hydrogen-bond acceptors (Lipinski definition) is 4. The zero-order valence-electron chi connectivity index (χ0n) is 12.2. The second kappa shape index (κ2) is 6.53. The van der Waals surface area contributed by atoms with Gasteiger partial charge in [0.05, 0.1) is 12.2 Å². The van der Waals surface area contributed by atoms with Crippen LogP contribution in [0.2, 0.25) is 0 Å². The fourth-order valence-corrected chi connectivity index (χ4v) is 2.92. The molecule has 0 spiro atoms. The molecule has 3 aromatic rings. The summed E-state index contributed by atoms with van der Waals surface area (Å²) in [6.45, 7) is 3.33. The minimum Gasteiger partial charge on any atom is -0.334 e. The van der Waals surface area contributed by atoms with Gasteiger partial charge in [-0.2, -0.15) is 5.10 Å². The Morgan fingerprint density at radius 1 is 1.27 bits per heavy atom. The first-order chi connectivity index (χ1) is 10.8. The summed E-state index contributed by atoms with van der Waals surface area (Å²) in [5, 5.41) is 6.10. The lowest BCUT2D eigenvalue weighted by atomic mass is 10.1. The molecule has 0 saturated heterocycles. The van der Waals surface area contributed by atoms with Crippen LogP contribution in [-0.4, -0.2) is 32.1 Å². The van der Waals surface area contributed by atoms with Crippen LogP contribution in [0.4, 0.5) is 0 Å². The SMILES string of the molecule is CCN(Cc1cccs1)C(=O)c1ccc(-n2cncn2)cc1. The summed E-state index contributed by atoms with van der Waals surface area (Å²) in [6, 6.07) is 11.5. The van der Waals surface area contributed by atoms with Crippen LogP contribution >= 0.6 is 11.3 Å². The van der Waals surface area contributed by atoms with Crippen molar-refractivity contribution in [2.24, 2.45) is 0 Å². The summed E-state index contributed by atoms with van der Waals surface area (Å²) in [4.78, 5) is 19.5. The number of benzene rings is 1. The third-order valence-corrected chi connectivity index (χ3v) is 4.25. The van der Waals surface area contributed by atoms with Crippen LogP contribution in [0, 0.1) is 0 Å². The number of rotatable bonds is 5. The molecule has 0 atom stereocenters. The van der Waals surface area contributed by atoms with Gasteiger partial charge in [-0.3, -0.25) is 4.79 Å². The third kappa shape index (κ3) is 3.07. The highest BCUT2D eigenvalue weighted by atomic mass is 32.1. The van der Waals surface area contributed by atoms with Crippen molar-refractivity contribution >= 4 is 17.2 Å². The van der Waals surface area contributed by atoms with Gasteiger partial charge in [-0.25, -0.2) is 9.67 Å². The smallest absolute Gasteiger partial charge is 0.254 e. The predicted molar refractivity (Wildman–Crippen MR) is 86.1 cm³/mol. The van der Waals surface area contributed by atoms with Gasteiger partial charge in [0.15, 0.2) is 0 Å². The lowest BCUT2D eigenvalue weighted by Gasteiger charge is -2.20. The molecule has 2 heterocycles. The molecule has 0 unspecified atom stereocenters. The molecule has 6 heteroatoms. The molecule has 0 N–H and O–H groups in total. The second-order valence-corrected chi connectivity index (χ2v) is 5.82. The van der Waals surface area contributed by atoms with Crippen molar-refractivity contribution in [3.05, 3.63) is 64.9 Å². The first-order valence-electron chi connectivity index (χ1n) is 7.04. The highest BCUT2D eigenvalue weighted by Gasteiger charge is 2.15. The third-order valence-electron chi connectivity index (χ3n) is 3.39. The van der Waals surface area contributed by atoms with Crippen molar-refractivity contribution in [2.75, 3.05) is 6.54 Å². The van der Waals surface area contributed by atoms with E-state index < -0.39 is 0 Å². The van der Waals surface area contributed by atoms with Crippen molar-refractivity contribution in [3.8, 4) is 5.69 Å². The molecule has 0 aliphatic heterocycles. The van der Waals surface area contributed by atoms with E-state index in [9.17, 15) is 4.79 Å². The van der Waals surface area contributed by atoms with Crippen LogP contribution in [0.15, 0.2) is 54.4 Å². The number of hydrogen-bond donors (Lipinski definition) is 0. The van der Waals surface area contributed by atoms with Gasteiger partial charge in [0, 0.05) is 17.0 Å². The number of nitrogens with zero attached hydrogens (tertiary/aromatic N) is 4. The highest BCUT2D eigenvalue weighted by molar-refractivity contribution is 7.09. The first-order valence-corrected chi connectivity index (χ1v) is 7.92. The van der Waals surface area contributed by atoms with Crippen molar-refractivity contribution in [3.63, 3.8) is 0 Å². The van der Waals surface area contributed by atoms with Gasteiger partial charge in [-0.05, 0) is 42.6 Å². The van der Waals surface area contributed by atoms with Gasteiger partial charge >= 0.3 is 0 Å². The first kappa shape index (κ1) is 14.5. The van der Waals surface area contributed by atoms with Gasteiger partial charge in [0.2, 0.25) is 0 Å². The monoisotopic (exact) mass is 312 g/mol. The molecule has 0 aliphatic rings. The molecular weight excluding hydrogens is 296 g/mol. The maximum atomic E-state index is 12.6. The van der Waals surface area contributed by atoms with E-state index in [1.807, 2.05) is 47.5 Å². The van der Waals surface area contributed by atoms with Crippen LogP contribution < -0.4 is 0 Å². The Morgan fingerprint density at radius 2 is 2.09 bits per heavy atom. The highest BCUT2D eigenvalue weighted by Crippen LogP contribution is 2.15. The van der Waals surface area contributed by atoms with Gasteiger partial charge in [-0.1, -0.05) is 6.07 Å². The summed E-state index contributed by atoms with van der Waals surface area (Å²) in [7, 11) is 0. The molecule has 0 bridgehead atoms. The number of thiophene rings is 1. The van der Waals surface area contributed by atoms with E-state index in [4.69, 9.17) is 0 Å². The fraction of sp³-hybridized carbons (Fsp3) is 0.188. The Kier molecular flexibility index (Phi) is 4.29. The van der Waals surface area contributed by atoms with E-state index >= 15 is 0 Å². The quantitative estimate of drug-likeness (QED) is 0.728. The van der Waals surface area contributed by atoms with E-state index in [1.54, 1.807) is 22.3 Å². The second-order valence-electron chi connectivity index (χ2n) is 4.79. The zero-order chi connectivity index (χ0) is 15.4. The molecule has 112 valence electrons. The molecule has 0 radical (unpaired) electrons. The maximum Gasteiger partial charge on any atom is 0.254 e. The molecule has 5 nitrogen and oxygen atoms in total. The van der Waals surface area contributed by atoms with E-state index in [1.165, 1.54) is 11.2 Å². The van der Waals surface area contributed by atoms with Crippen LogP contribution in [0.1, 0.15) is 22.2 Å². The summed E-state index contributed by atoms with van der Waals surface area (Å²) in [5.41, 5.74) is 1.57. The Hall–Kier alpha value is -2.47. The predicted octanol–water partition coefficient (Wildman–Crippen LogP) is 2.99. The number of aromatic nitrogens is 3. The average Bonchev–Trinajstić information content (AvgIpc) is 3.25. The molecule has 1 amide bonds. The Labute approximate surface area is 132 Å². The normalized spacial score (nSPS) is 10.6. The van der Waals surface area contributed by atoms with Gasteiger partial charge in [0.25, 0.3) is 5.91 Å². The van der Waals surface area contributed by atoms with Gasteiger partial charge in [-0.15, -0.1) is 11.3 Å². The molecule has 3 rings (SSSR count). The molecule has 22 heavy (non-hydrogen) atoms. The van der Waals surface area contributed by atoms with E-state index in [2.05, 4.69) is 16.1 Å². The van der Waals surface area contributed by atoms with Crippen molar-refractivity contribution < 1.29 is 4.79 Å². The van der Waals surface area contributed by atoms with E-state index in [0.717, 1.165) is 5.69 Å². The van der Waals surface area contributed by atoms with Crippen LogP contribution in [0.25, 0.3) is 5.69 Å². The Morgan fingerprint density at radius 3 is 2.68 bits per heavy atom. The molecule has 2 aromatic heterocycles. The van der Waals surface area contributed by atoms with Crippen molar-refractivity contribution in [2.45, 2.75) is 13.5 Å². The largest absolute Gasteiger partial charge is 0.334 e.